The topological polar surface area (TPSA) is 100 Å². The molecule has 2 aromatic carbocycles. The highest BCUT2D eigenvalue weighted by atomic mass is 16.6. The Balaban J connectivity index is 0.806. The van der Waals surface area contributed by atoms with Crippen LogP contribution < -0.4 is 0 Å². The van der Waals surface area contributed by atoms with Crippen LogP contribution in [0.4, 0.5) is 9.59 Å². The van der Waals surface area contributed by atoms with E-state index in [-0.39, 0.29) is 30.3 Å². The van der Waals surface area contributed by atoms with Gasteiger partial charge in [0.05, 0.1) is 24.0 Å². The number of rotatable bonds is 6. The van der Waals surface area contributed by atoms with Gasteiger partial charge < -0.3 is 14.5 Å². The fourth-order valence-electron chi connectivity index (χ4n) is 8.88. The fourth-order valence-corrected chi connectivity index (χ4v) is 8.88. The summed E-state index contributed by atoms with van der Waals surface area (Å²) in [7, 11) is 0. The Labute approximate surface area is 300 Å². The van der Waals surface area contributed by atoms with Gasteiger partial charge in [-0.3, -0.25) is 14.8 Å². The lowest BCUT2D eigenvalue weighted by Crippen LogP contribution is -2.45. The van der Waals surface area contributed by atoms with Crippen LogP contribution in [0.5, 0.6) is 0 Å². The number of ether oxygens (including phenoxy) is 2. The highest BCUT2D eigenvalue weighted by Crippen LogP contribution is 2.56. The molecule has 0 radical (unpaired) electrons. The number of hydrogen-bond acceptors (Lipinski definition) is 6. The Morgan fingerprint density at radius 1 is 0.706 bits per heavy atom. The van der Waals surface area contributed by atoms with Gasteiger partial charge in [0.1, 0.15) is 17.0 Å². The predicted molar refractivity (Wildman–Crippen MR) is 196 cm³/mol. The minimum Gasteiger partial charge on any atom is -0.444 e. The third-order valence-electron chi connectivity index (χ3n) is 11.6. The average molecular weight is 688 g/mol. The van der Waals surface area contributed by atoms with Crippen molar-refractivity contribution in [2.45, 2.75) is 127 Å². The monoisotopic (exact) mass is 687 g/mol. The molecular weight excluding hydrogens is 638 g/mol. The number of imidazole rings is 1. The van der Waals surface area contributed by atoms with E-state index in [0.717, 1.165) is 61.3 Å². The second kappa shape index (κ2) is 11.6. The number of allylic oxidation sites excluding steroid dienone is 1. The molecule has 9 heteroatoms. The number of hydrogen-bond donors (Lipinski definition) is 1. The fraction of sp³-hybridized carbons (Fsp3) is 0.524. The van der Waals surface area contributed by atoms with Crippen molar-refractivity contribution >= 4 is 23.5 Å². The van der Waals surface area contributed by atoms with Crippen LogP contribution in [0, 0.1) is 11.8 Å². The SMILES string of the molecule is CC(C)(C)OC(=O)N1[C@@H]2C[C@@H]2C[C@H]1C1=NC=C(c2ccc([C@@H]3C[C@@H]3c3ccc(-c4cnc([C@@H]5C[C@H]6C[C@H]6N5C(=O)OC(C)(C)C)[nH]4)cc3)cc2)C1. The molecule has 9 rings (SSSR count). The zero-order chi connectivity index (χ0) is 35.4. The summed E-state index contributed by atoms with van der Waals surface area (Å²) in [5.41, 5.74) is 7.29. The Bertz CT molecular complexity index is 1930. The maximum Gasteiger partial charge on any atom is 0.411 e. The van der Waals surface area contributed by atoms with Crippen LogP contribution in [-0.2, 0) is 9.47 Å². The molecule has 2 amide bonds. The quantitative estimate of drug-likeness (QED) is 0.279. The molecule has 3 aliphatic heterocycles. The van der Waals surface area contributed by atoms with Crippen molar-refractivity contribution in [3.05, 3.63) is 83.4 Å². The molecule has 51 heavy (non-hydrogen) atoms. The Morgan fingerprint density at radius 2 is 1.24 bits per heavy atom. The number of amides is 2. The number of carbonyl (C=O) groups excluding carboxylic acids is 2. The Kier molecular flexibility index (Phi) is 7.36. The summed E-state index contributed by atoms with van der Waals surface area (Å²) >= 11 is 0. The molecule has 9 nitrogen and oxygen atoms in total. The zero-order valence-corrected chi connectivity index (χ0v) is 30.6. The third-order valence-corrected chi connectivity index (χ3v) is 11.6. The third kappa shape index (κ3) is 6.27. The van der Waals surface area contributed by atoms with E-state index in [4.69, 9.17) is 19.5 Å². The largest absolute Gasteiger partial charge is 0.444 e. The van der Waals surface area contributed by atoms with Crippen molar-refractivity contribution in [2.75, 3.05) is 0 Å². The van der Waals surface area contributed by atoms with Gasteiger partial charge in [0.25, 0.3) is 0 Å². The summed E-state index contributed by atoms with van der Waals surface area (Å²) in [5.74, 6) is 3.01. The van der Waals surface area contributed by atoms with Crippen LogP contribution in [0.1, 0.15) is 120 Å². The van der Waals surface area contributed by atoms with Crippen LogP contribution in [0.25, 0.3) is 16.8 Å². The number of carbonyl (C=O) groups is 2. The first-order chi connectivity index (χ1) is 24.3. The maximum atomic E-state index is 13.1. The second-order valence-electron chi connectivity index (χ2n) is 17.7. The summed E-state index contributed by atoms with van der Waals surface area (Å²) in [6.07, 6.45) is 9.45. The van der Waals surface area contributed by atoms with Gasteiger partial charge in [-0.05, 0) is 125 Å². The molecule has 4 heterocycles. The highest BCUT2D eigenvalue weighted by molar-refractivity contribution is 6.03. The van der Waals surface area contributed by atoms with Gasteiger partial charge in [0.2, 0.25) is 0 Å². The molecular formula is C42H49N5O4. The van der Waals surface area contributed by atoms with E-state index < -0.39 is 11.2 Å². The van der Waals surface area contributed by atoms with Gasteiger partial charge in [-0.2, -0.15) is 0 Å². The van der Waals surface area contributed by atoms with Gasteiger partial charge in [0.15, 0.2) is 0 Å². The van der Waals surface area contributed by atoms with Crippen LogP contribution in [0.3, 0.4) is 0 Å². The van der Waals surface area contributed by atoms with Crippen molar-refractivity contribution < 1.29 is 19.1 Å². The first-order valence-electron chi connectivity index (χ1n) is 18.8. The molecule has 266 valence electrons. The van der Waals surface area contributed by atoms with Crippen molar-refractivity contribution in [1.29, 1.82) is 0 Å². The summed E-state index contributed by atoms with van der Waals surface area (Å²) in [4.78, 5) is 43.1. The van der Waals surface area contributed by atoms with Gasteiger partial charge in [0, 0.05) is 30.4 Å². The van der Waals surface area contributed by atoms with Gasteiger partial charge in [-0.25, -0.2) is 14.6 Å². The van der Waals surface area contributed by atoms with Crippen molar-refractivity contribution in [1.82, 2.24) is 19.8 Å². The molecule has 0 unspecified atom stereocenters. The highest BCUT2D eigenvalue weighted by Gasteiger charge is 2.57. The Hall–Kier alpha value is -4.40. The smallest absolute Gasteiger partial charge is 0.411 e. The molecule has 0 bridgehead atoms. The molecule has 3 aliphatic carbocycles. The number of nitrogens with zero attached hydrogens (tertiary/aromatic N) is 4. The lowest BCUT2D eigenvalue weighted by molar-refractivity contribution is 0.0173. The summed E-state index contributed by atoms with van der Waals surface area (Å²) in [6, 6.07) is 18.5. The Morgan fingerprint density at radius 3 is 1.80 bits per heavy atom. The first kappa shape index (κ1) is 32.5. The minimum absolute atomic E-state index is 0.0397. The molecule has 6 aliphatic rings. The van der Waals surface area contributed by atoms with Gasteiger partial charge >= 0.3 is 12.2 Å². The van der Waals surface area contributed by atoms with E-state index in [1.165, 1.54) is 22.3 Å². The first-order valence-corrected chi connectivity index (χ1v) is 18.8. The maximum absolute atomic E-state index is 13.1. The van der Waals surface area contributed by atoms with E-state index in [1.807, 2.05) is 63.7 Å². The lowest BCUT2D eigenvalue weighted by Gasteiger charge is -2.30. The predicted octanol–water partition coefficient (Wildman–Crippen LogP) is 9.00. The van der Waals surface area contributed by atoms with Crippen molar-refractivity contribution in [2.24, 2.45) is 16.8 Å². The van der Waals surface area contributed by atoms with E-state index in [2.05, 4.69) is 53.5 Å². The van der Waals surface area contributed by atoms with Gasteiger partial charge in [-0.15, -0.1) is 0 Å². The number of benzene rings is 2. The zero-order valence-electron chi connectivity index (χ0n) is 30.6. The number of likely N-dealkylation sites (tertiary alicyclic amines) is 2. The molecule has 3 aromatic rings. The van der Waals surface area contributed by atoms with Crippen molar-refractivity contribution in [3.8, 4) is 11.3 Å². The molecule has 5 fully saturated rings. The van der Waals surface area contributed by atoms with Crippen LogP contribution >= 0.6 is 0 Å². The minimum atomic E-state index is -0.521. The molecule has 1 aromatic heterocycles. The normalized spacial score (nSPS) is 30.4. The van der Waals surface area contributed by atoms with E-state index >= 15 is 0 Å². The lowest BCUT2D eigenvalue weighted by atomic mass is 9.96. The molecule has 3 saturated carbocycles. The summed E-state index contributed by atoms with van der Waals surface area (Å²) in [6.45, 7) is 11.5. The number of fused-ring (bicyclic) bond motifs is 2. The van der Waals surface area contributed by atoms with Crippen LogP contribution in [0.2, 0.25) is 0 Å². The number of H-pyrrole nitrogens is 1. The summed E-state index contributed by atoms with van der Waals surface area (Å²) < 4.78 is 11.5. The number of aromatic nitrogens is 2. The summed E-state index contributed by atoms with van der Waals surface area (Å²) in [5, 5.41) is 0. The van der Waals surface area contributed by atoms with E-state index in [1.54, 1.807) is 0 Å². The average Bonchev–Trinajstić information content (AvgIpc) is 3.99. The number of aliphatic imine (C=N–C) groups is 1. The van der Waals surface area contributed by atoms with E-state index in [0.29, 0.717) is 29.7 Å². The molecule has 0 spiro atoms. The molecule has 8 atom stereocenters. The molecule has 2 saturated heterocycles. The van der Waals surface area contributed by atoms with Crippen molar-refractivity contribution in [3.63, 3.8) is 0 Å². The number of piperidine rings is 2. The van der Waals surface area contributed by atoms with Crippen LogP contribution in [0.15, 0.2) is 65.9 Å². The number of aromatic amines is 1. The second-order valence-corrected chi connectivity index (χ2v) is 17.7. The molecule has 1 N–H and O–H groups in total. The van der Waals surface area contributed by atoms with E-state index in [9.17, 15) is 9.59 Å². The number of nitrogens with one attached hydrogen (secondary N) is 1. The standard InChI is InChI=1S/C42H49N5O4/c1-41(2,3)50-39(48)46-34-16-27(34)18-36(46)32-15-29(21-43-32)23-7-9-24(10-8-23)30-20-31(30)25-11-13-26(14-12-25)33-22-44-38(45-33)37-19-28-17-35(28)47(37)40(49)51-42(4,5)6/h7-14,21-22,27-28,30-31,34-37H,15-20H2,1-6H3,(H,44,45)/t27-,28-,30+,31-,34-,35-,36+,37+/m1/s1. The van der Waals surface area contributed by atoms with Crippen LogP contribution in [-0.4, -0.2) is 67.0 Å². The van der Waals surface area contributed by atoms with Gasteiger partial charge in [-0.1, -0.05) is 48.5 Å².